The van der Waals surface area contributed by atoms with E-state index in [4.69, 9.17) is 0 Å². The lowest BCUT2D eigenvalue weighted by atomic mass is 10.00. The summed E-state index contributed by atoms with van der Waals surface area (Å²) in [5, 5.41) is 3.07. The monoisotopic (exact) mass is 423 g/mol. The first-order chi connectivity index (χ1) is 14.4. The van der Waals surface area contributed by atoms with Gasteiger partial charge in [0.2, 0.25) is 0 Å². The van der Waals surface area contributed by atoms with E-state index < -0.39 is 0 Å². The number of aryl methyl sites for hydroxylation is 2. The van der Waals surface area contributed by atoms with Crippen LogP contribution in [0.15, 0.2) is 42.5 Å². The van der Waals surface area contributed by atoms with E-state index in [1.165, 1.54) is 0 Å². The maximum Gasteiger partial charge on any atom is 0.321 e. The Labute approximate surface area is 182 Å². The molecule has 0 aliphatic carbocycles. The number of amides is 3. The molecule has 6 heteroatoms. The summed E-state index contributed by atoms with van der Waals surface area (Å²) in [6.45, 7) is 8.14. The average Bonchev–Trinajstić information content (AvgIpc) is 3.14. The first-order valence-corrected chi connectivity index (χ1v) is 11.5. The first kappa shape index (κ1) is 20.8. The number of thioether (sulfide) groups is 1. The lowest BCUT2D eigenvalue weighted by Crippen LogP contribution is -2.54. The summed E-state index contributed by atoms with van der Waals surface area (Å²) >= 11 is 1.87. The van der Waals surface area contributed by atoms with E-state index in [1.54, 1.807) is 0 Å². The molecule has 2 fully saturated rings. The van der Waals surface area contributed by atoms with Gasteiger partial charge < -0.3 is 15.1 Å². The number of hydrogen-bond donors (Lipinski definition) is 1. The maximum absolute atomic E-state index is 13.3. The van der Waals surface area contributed by atoms with Crippen LogP contribution in [0.1, 0.15) is 39.9 Å². The zero-order valence-corrected chi connectivity index (χ0v) is 18.7. The highest BCUT2D eigenvalue weighted by molar-refractivity contribution is 8.00. The number of anilines is 1. The number of carbonyl (C=O) groups is 2. The predicted octanol–water partition coefficient (Wildman–Crippen LogP) is 4.83. The Kier molecular flexibility index (Phi) is 5.78. The topological polar surface area (TPSA) is 52.7 Å². The standard InChI is InChI=1S/C24H29N3O2S/c1-17-8-6-10-21(19(17)3)25-23(29)26-13-11-24(12-14-26)27(15-16-30-24)22(28)20-9-5-4-7-18(20)2/h4-10H,11-16H2,1-3H3,(H,25,29). The van der Waals surface area contributed by atoms with Gasteiger partial charge in [0.05, 0.1) is 4.87 Å². The number of hydrogen-bond acceptors (Lipinski definition) is 3. The molecular formula is C24H29N3O2S. The summed E-state index contributed by atoms with van der Waals surface area (Å²) in [6.07, 6.45) is 1.60. The van der Waals surface area contributed by atoms with Crippen molar-refractivity contribution in [3.63, 3.8) is 0 Å². The van der Waals surface area contributed by atoms with Gasteiger partial charge in [0.15, 0.2) is 0 Å². The summed E-state index contributed by atoms with van der Waals surface area (Å²) in [5.74, 6) is 1.07. The van der Waals surface area contributed by atoms with Gasteiger partial charge >= 0.3 is 6.03 Å². The SMILES string of the molecule is Cc1ccccc1C(=O)N1CCSC12CCN(C(=O)Nc1cccc(C)c1C)CC2. The molecule has 0 unspecified atom stereocenters. The molecule has 2 aliphatic heterocycles. The fraction of sp³-hybridized carbons (Fsp3) is 0.417. The Hall–Kier alpha value is -2.47. The zero-order valence-electron chi connectivity index (χ0n) is 17.9. The van der Waals surface area contributed by atoms with E-state index >= 15 is 0 Å². The highest BCUT2D eigenvalue weighted by atomic mass is 32.2. The summed E-state index contributed by atoms with van der Waals surface area (Å²) in [6, 6.07) is 13.7. The van der Waals surface area contributed by atoms with Crippen LogP contribution >= 0.6 is 11.8 Å². The van der Waals surface area contributed by atoms with Crippen molar-refractivity contribution in [2.45, 2.75) is 38.5 Å². The highest BCUT2D eigenvalue weighted by Crippen LogP contribution is 2.44. The number of likely N-dealkylation sites (tertiary alicyclic amines) is 1. The third-order valence-corrected chi connectivity index (χ3v) is 8.03. The van der Waals surface area contributed by atoms with E-state index in [1.807, 2.05) is 79.9 Å². The lowest BCUT2D eigenvalue weighted by molar-refractivity contribution is 0.0585. The van der Waals surface area contributed by atoms with Crippen molar-refractivity contribution in [3.05, 3.63) is 64.7 Å². The molecule has 0 bridgehead atoms. The molecule has 2 saturated heterocycles. The van der Waals surface area contributed by atoms with E-state index in [9.17, 15) is 9.59 Å². The number of benzene rings is 2. The second-order valence-electron chi connectivity index (χ2n) is 8.23. The number of piperidine rings is 1. The molecule has 2 aromatic rings. The highest BCUT2D eigenvalue weighted by Gasteiger charge is 2.47. The quantitative estimate of drug-likeness (QED) is 0.753. The lowest BCUT2D eigenvalue weighted by Gasteiger charge is -2.44. The molecule has 2 aliphatic rings. The van der Waals surface area contributed by atoms with Crippen LogP contribution in [0.2, 0.25) is 0 Å². The number of urea groups is 1. The van der Waals surface area contributed by atoms with Crippen LogP contribution in [0.25, 0.3) is 0 Å². The molecule has 30 heavy (non-hydrogen) atoms. The fourth-order valence-corrected chi connectivity index (χ4v) is 5.86. The summed E-state index contributed by atoms with van der Waals surface area (Å²) in [7, 11) is 0. The first-order valence-electron chi connectivity index (χ1n) is 10.5. The van der Waals surface area contributed by atoms with Crippen LogP contribution in [-0.4, -0.2) is 52.0 Å². The molecule has 0 radical (unpaired) electrons. The Bertz CT molecular complexity index is 967. The second kappa shape index (κ2) is 8.34. The van der Waals surface area contributed by atoms with Gasteiger partial charge in [-0.05, 0) is 62.4 Å². The van der Waals surface area contributed by atoms with Crippen LogP contribution in [-0.2, 0) is 0 Å². The molecule has 0 atom stereocenters. The van der Waals surface area contributed by atoms with E-state index in [0.717, 1.165) is 53.1 Å². The molecule has 2 heterocycles. The average molecular weight is 424 g/mol. The normalized spacial score (nSPS) is 18.0. The van der Waals surface area contributed by atoms with Crippen molar-refractivity contribution < 1.29 is 9.59 Å². The van der Waals surface area contributed by atoms with Gasteiger partial charge in [-0.15, -0.1) is 11.8 Å². The van der Waals surface area contributed by atoms with Crippen LogP contribution in [0, 0.1) is 20.8 Å². The van der Waals surface area contributed by atoms with Gasteiger partial charge in [-0.1, -0.05) is 30.3 Å². The number of rotatable bonds is 2. The van der Waals surface area contributed by atoms with E-state index in [-0.39, 0.29) is 16.8 Å². The maximum atomic E-state index is 13.3. The molecule has 3 amide bonds. The van der Waals surface area contributed by atoms with Crippen LogP contribution in [0.5, 0.6) is 0 Å². The third-order valence-electron chi connectivity index (χ3n) is 6.48. The van der Waals surface area contributed by atoms with Gasteiger partial charge in [0.1, 0.15) is 0 Å². The molecule has 1 N–H and O–H groups in total. The number of nitrogens with zero attached hydrogens (tertiary/aromatic N) is 2. The van der Waals surface area contributed by atoms with Crippen molar-refractivity contribution in [1.82, 2.24) is 9.80 Å². The Morgan fingerprint density at radius 1 is 0.933 bits per heavy atom. The van der Waals surface area contributed by atoms with Crippen molar-refractivity contribution in [2.75, 3.05) is 30.7 Å². The fourth-order valence-electron chi connectivity index (χ4n) is 4.41. The van der Waals surface area contributed by atoms with Gasteiger partial charge in [-0.2, -0.15) is 0 Å². The molecule has 4 rings (SSSR count). The number of carbonyl (C=O) groups excluding carboxylic acids is 2. The summed E-state index contributed by atoms with van der Waals surface area (Å²) < 4.78 is 0. The molecule has 2 aromatic carbocycles. The second-order valence-corrected chi connectivity index (χ2v) is 9.69. The van der Waals surface area contributed by atoms with Gasteiger partial charge in [0.25, 0.3) is 5.91 Å². The van der Waals surface area contributed by atoms with Gasteiger partial charge in [-0.3, -0.25) is 4.79 Å². The Morgan fingerprint density at radius 3 is 2.37 bits per heavy atom. The third kappa shape index (κ3) is 3.81. The van der Waals surface area contributed by atoms with E-state index in [0.29, 0.717) is 13.1 Å². The largest absolute Gasteiger partial charge is 0.324 e. The molecule has 5 nitrogen and oxygen atoms in total. The molecule has 0 saturated carbocycles. The predicted molar refractivity (Wildman–Crippen MR) is 123 cm³/mol. The molecule has 0 aromatic heterocycles. The molecule has 158 valence electrons. The van der Waals surface area contributed by atoms with Crippen LogP contribution in [0.4, 0.5) is 10.5 Å². The number of nitrogens with one attached hydrogen (secondary N) is 1. The Morgan fingerprint density at radius 2 is 1.63 bits per heavy atom. The smallest absolute Gasteiger partial charge is 0.321 e. The summed E-state index contributed by atoms with van der Waals surface area (Å²) in [4.78, 5) is 29.9. The van der Waals surface area contributed by atoms with E-state index in [2.05, 4.69) is 10.2 Å². The minimum atomic E-state index is -0.199. The van der Waals surface area contributed by atoms with Crippen molar-refractivity contribution in [2.24, 2.45) is 0 Å². The van der Waals surface area contributed by atoms with Crippen molar-refractivity contribution in [3.8, 4) is 0 Å². The molecule has 1 spiro atoms. The van der Waals surface area contributed by atoms with Crippen molar-refractivity contribution >= 4 is 29.4 Å². The Balaban J connectivity index is 1.44. The van der Waals surface area contributed by atoms with Crippen molar-refractivity contribution in [1.29, 1.82) is 0 Å². The van der Waals surface area contributed by atoms with Gasteiger partial charge in [-0.25, -0.2) is 4.79 Å². The van der Waals surface area contributed by atoms with Crippen LogP contribution in [0.3, 0.4) is 0 Å². The summed E-state index contributed by atoms with van der Waals surface area (Å²) in [5.41, 5.74) is 4.93. The van der Waals surface area contributed by atoms with Crippen LogP contribution < -0.4 is 5.32 Å². The minimum Gasteiger partial charge on any atom is -0.324 e. The van der Waals surface area contributed by atoms with Gasteiger partial charge in [0, 0.05) is 36.6 Å². The zero-order chi connectivity index (χ0) is 21.3. The molecular weight excluding hydrogens is 394 g/mol. The minimum absolute atomic E-state index is 0.0571.